The number of carbonyl (C=O) groups excluding carboxylic acids is 2. The summed E-state index contributed by atoms with van der Waals surface area (Å²) in [5.41, 5.74) is 2.64. The first kappa shape index (κ1) is 17.5. The summed E-state index contributed by atoms with van der Waals surface area (Å²) >= 11 is 0. The number of ketones is 1. The number of nitrogens with zero attached hydrogens (tertiary/aromatic N) is 2. The molecule has 0 radical (unpaired) electrons. The Morgan fingerprint density at radius 1 is 0.960 bits per heavy atom. The second kappa shape index (κ2) is 7.72. The monoisotopic (exact) mass is 342 g/mol. The molecule has 0 atom stereocenters. The van der Waals surface area contributed by atoms with Crippen molar-refractivity contribution < 1.29 is 14.3 Å². The molecule has 2 fully saturated rings. The molecule has 0 aliphatic carbocycles. The number of anilines is 1. The van der Waals surface area contributed by atoms with Crippen LogP contribution in [0.1, 0.15) is 42.5 Å². The lowest BCUT2D eigenvalue weighted by atomic mass is 9.99. The summed E-state index contributed by atoms with van der Waals surface area (Å²) in [5, 5.41) is 0. The highest BCUT2D eigenvalue weighted by molar-refractivity contribution is 6.24. The van der Waals surface area contributed by atoms with E-state index < -0.39 is 5.97 Å². The van der Waals surface area contributed by atoms with Crippen molar-refractivity contribution in [3.8, 4) is 0 Å². The van der Waals surface area contributed by atoms with Crippen LogP contribution in [0.15, 0.2) is 35.5 Å². The van der Waals surface area contributed by atoms with Gasteiger partial charge in [0.15, 0.2) is 0 Å². The number of benzene rings is 1. The van der Waals surface area contributed by atoms with Gasteiger partial charge in [0.1, 0.15) is 5.57 Å². The number of piperidine rings is 1. The van der Waals surface area contributed by atoms with Crippen LogP contribution >= 0.6 is 0 Å². The third-order valence-electron chi connectivity index (χ3n) is 5.12. The van der Waals surface area contributed by atoms with Gasteiger partial charge in [0, 0.05) is 43.6 Å². The summed E-state index contributed by atoms with van der Waals surface area (Å²) in [6.07, 6.45) is 5.40. The van der Waals surface area contributed by atoms with E-state index in [-0.39, 0.29) is 11.4 Å². The summed E-state index contributed by atoms with van der Waals surface area (Å²) in [7, 11) is 3.24. The molecule has 1 aromatic rings. The van der Waals surface area contributed by atoms with Crippen LogP contribution in [-0.2, 0) is 9.53 Å². The summed E-state index contributed by atoms with van der Waals surface area (Å²) in [6.45, 7) is 2.99. The highest BCUT2D eigenvalue weighted by Crippen LogP contribution is 2.27. The Kier molecular flexibility index (Phi) is 5.41. The van der Waals surface area contributed by atoms with Crippen LogP contribution < -0.4 is 4.90 Å². The predicted molar refractivity (Wildman–Crippen MR) is 97.7 cm³/mol. The molecule has 2 aliphatic rings. The molecule has 2 saturated heterocycles. The van der Waals surface area contributed by atoms with E-state index in [1.165, 1.54) is 26.4 Å². The van der Waals surface area contributed by atoms with Gasteiger partial charge in [-0.05, 0) is 56.4 Å². The molecule has 0 saturated carbocycles. The highest BCUT2D eigenvalue weighted by atomic mass is 16.5. The molecule has 2 heterocycles. The van der Waals surface area contributed by atoms with E-state index in [0.717, 1.165) is 43.9 Å². The van der Waals surface area contributed by atoms with Gasteiger partial charge in [-0.1, -0.05) is 0 Å². The number of carbonyl (C=O) groups is 2. The number of esters is 1. The fourth-order valence-corrected chi connectivity index (χ4v) is 3.69. The van der Waals surface area contributed by atoms with Gasteiger partial charge in [0.2, 0.25) is 5.78 Å². The van der Waals surface area contributed by atoms with Crippen LogP contribution in [0.4, 0.5) is 5.69 Å². The van der Waals surface area contributed by atoms with Gasteiger partial charge < -0.3 is 14.5 Å². The molecule has 5 heteroatoms. The van der Waals surface area contributed by atoms with Crippen molar-refractivity contribution >= 4 is 17.4 Å². The number of hydrogen-bond acceptors (Lipinski definition) is 5. The van der Waals surface area contributed by atoms with Gasteiger partial charge in [-0.2, -0.15) is 0 Å². The number of rotatable bonds is 4. The molecule has 0 N–H and O–H groups in total. The lowest BCUT2D eigenvalue weighted by molar-refractivity contribution is -0.135. The average Bonchev–Trinajstić information content (AvgIpc) is 3.08. The van der Waals surface area contributed by atoms with Gasteiger partial charge in [-0.15, -0.1) is 0 Å². The van der Waals surface area contributed by atoms with Crippen molar-refractivity contribution in [2.24, 2.45) is 0 Å². The molecule has 2 aliphatic heterocycles. The fraction of sp³-hybridized carbons (Fsp3) is 0.500. The molecule has 1 aromatic carbocycles. The number of Topliss-reactive ketones (excluding diaryl/α,β-unsaturated/α-hetero) is 1. The molecule has 0 spiro atoms. The summed E-state index contributed by atoms with van der Waals surface area (Å²) in [6, 6.07) is 7.61. The smallest absolute Gasteiger partial charge is 0.343 e. The van der Waals surface area contributed by atoms with Crippen LogP contribution in [-0.4, -0.2) is 50.4 Å². The lowest BCUT2D eigenvalue weighted by Gasteiger charge is -2.28. The molecule has 134 valence electrons. The molecule has 0 amide bonds. The summed E-state index contributed by atoms with van der Waals surface area (Å²) < 4.78 is 4.88. The number of hydrogen-bond donors (Lipinski definition) is 0. The number of ether oxygens (including phenoxy) is 1. The molecular formula is C20H26N2O3. The molecule has 3 rings (SSSR count). The number of likely N-dealkylation sites (tertiary alicyclic amines) is 1. The average molecular weight is 342 g/mol. The van der Waals surface area contributed by atoms with E-state index >= 15 is 0 Å². The van der Waals surface area contributed by atoms with Crippen molar-refractivity contribution in [3.05, 3.63) is 41.1 Å². The molecule has 0 unspecified atom stereocenters. The third-order valence-corrected chi connectivity index (χ3v) is 5.12. The Bertz CT molecular complexity index is 673. The molecule has 5 nitrogen and oxygen atoms in total. The Balaban J connectivity index is 1.86. The van der Waals surface area contributed by atoms with Gasteiger partial charge in [-0.3, -0.25) is 4.79 Å². The zero-order valence-electron chi connectivity index (χ0n) is 15.1. The Morgan fingerprint density at radius 2 is 1.64 bits per heavy atom. The largest absolute Gasteiger partial charge is 0.465 e. The van der Waals surface area contributed by atoms with E-state index in [2.05, 4.69) is 4.90 Å². The van der Waals surface area contributed by atoms with Crippen molar-refractivity contribution in [2.45, 2.75) is 32.1 Å². The first-order chi connectivity index (χ1) is 12.1. The third kappa shape index (κ3) is 3.70. The fourth-order valence-electron chi connectivity index (χ4n) is 3.69. The highest BCUT2D eigenvalue weighted by Gasteiger charge is 2.29. The van der Waals surface area contributed by atoms with Crippen LogP contribution in [0.3, 0.4) is 0 Å². The Hall–Kier alpha value is -2.30. The van der Waals surface area contributed by atoms with Crippen molar-refractivity contribution in [2.75, 3.05) is 38.7 Å². The van der Waals surface area contributed by atoms with E-state index in [9.17, 15) is 9.59 Å². The number of methoxy groups -OCH3 is 1. The van der Waals surface area contributed by atoms with Gasteiger partial charge >= 0.3 is 5.97 Å². The van der Waals surface area contributed by atoms with E-state index in [1.807, 2.05) is 36.2 Å². The molecule has 25 heavy (non-hydrogen) atoms. The van der Waals surface area contributed by atoms with Crippen LogP contribution in [0.5, 0.6) is 0 Å². The van der Waals surface area contributed by atoms with Crippen molar-refractivity contribution in [3.63, 3.8) is 0 Å². The van der Waals surface area contributed by atoms with Crippen LogP contribution in [0, 0.1) is 0 Å². The van der Waals surface area contributed by atoms with Gasteiger partial charge in [0.25, 0.3) is 0 Å². The maximum atomic E-state index is 13.0. The minimum Gasteiger partial charge on any atom is -0.465 e. The van der Waals surface area contributed by atoms with E-state index in [4.69, 9.17) is 4.74 Å². The van der Waals surface area contributed by atoms with Crippen LogP contribution in [0.2, 0.25) is 0 Å². The maximum Gasteiger partial charge on any atom is 0.343 e. The zero-order valence-corrected chi connectivity index (χ0v) is 15.1. The second-order valence-corrected chi connectivity index (χ2v) is 6.76. The minimum absolute atomic E-state index is 0.174. The molecular weight excluding hydrogens is 316 g/mol. The SMILES string of the molecule is COC(=O)/C(C(=O)c1ccc(N2CCCCC2)cc1)=C1\CCCN1C. The van der Waals surface area contributed by atoms with Crippen LogP contribution in [0.25, 0.3) is 0 Å². The lowest BCUT2D eigenvalue weighted by Crippen LogP contribution is -2.29. The van der Waals surface area contributed by atoms with Crippen molar-refractivity contribution in [1.82, 2.24) is 4.90 Å². The van der Waals surface area contributed by atoms with Gasteiger partial charge in [0.05, 0.1) is 7.11 Å². The van der Waals surface area contributed by atoms with Gasteiger partial charge in [-0.25, -0.2) is 4.79 Å². The number of allylic oxidation sites excluding steroid dienone is 1. The first-order valence-electron chi connectivity index (χ1n) is 9.04. The molecule has 0 aromatic heterocycles. The summed E-state index contributed by atoms with van der Waals surface area (Å²) in [5.74, 6) is -0.797. The zero-order chi connectivity index (χ0) is 17.8. The second-order valence-electron chi connectivity index (χ2n) is 6.76. The first-order valence-corrected chi connectivity index (χ1v) is 9.04. The van der Waals surface area contributed by atoms with E-state index in [1.54, 1.807) is 0 Å². The normalized spacial score (nSPS) is 19.8. The Labute approximate surface area is 149 Å². The van der Waals surface area contributed by atoms with Crippen molar-refractivity contribution in [1.29, 1.82) is 0 Å². The standard InChI is InChI=1S/C20H26N2O3/c1-21-12-6-7-17(21)18(20(24)25-2)19(23)15-8-10-16(11-9-15)22-13-4-3-5-14-22/h8-11H,3-7,12-14H2,1-2H3/b18-17+. The van der Waals surface area contributed by atoms with E-state index in [0.29, 0.717) is 5.56 Å². The predicted octanol–water partition coefficient (Wildman–Crippen LogP) is 3.01. The maximum absolute atomic E-state index is 13.0. The quantitative estimate of drug-likeness (QED) is 0.277. The minimum atomic E-state index is -0.547. The summed E-state index contributed by atoms with van der Waals surface area (Å²) in [4.78, 5) is 29.5. The topological polar surface area (TPSA) is 49.9 Å². The Morgan fingerprint density at radius 3 is 2.20 bits per heavy atom. The molecule has 0 bridgehead atoms.